The molecule has 0 fully saturated rings. The molecule has 0 aromatic heterocycles. The largest absolute Gasteiger partial charge is 0.484 e. The first-order chi connectivity index (χ1) is 9.68. The predicted octanol–water partition coefficient (Wildman–Crippen LogP) is 2.06. The van der Waals surface area contributed by atoms with E-state index in [-0.39, 0.29) is 12.2 Å². The van der Waals surface area contributed by atoms with Crippen molar-refractivity contribution in [3.05, 3.63) is 29.8 Å². The van der Waals surface area contributed by atoms with Gasteiger partial charge in [0, 0.05) is 6.04 Å². The van der Waals surface area contributed by atoms with Crippen molar-refractivity contribution in [2.24, 2.45) is 0 Å². The van der Waals surface area contributed by atoms with Gasteiger partial charge in [-0.3, -0.25) is 9.59 Å². The fourth-order valence-electron chi connectivity index (χ4n) is 1.52. The molecular formula is C13H14F3NO4. The average molecular weight is 305 g/mol. The van der Waals surface area contributed by atoms with Crippen molar-refractivity contribution in [2.75, 3.05) is 6.61 Å². The van der Waals surface area contributed by atoms with Crippen molar-refractivity contribution in [1.29, 1.82) is 0 Å². The van der Waals surface area contributed by atoms with Crippen molar-refractivity contribution >= 4 is 11.9 Å². The molecule has 0 saturated carbocycles. The van der Waals surface area contributed by atoms with Gasteiger partial charge in [0.05, 0.1) is 12.0 Å². The lowest BCUT2D eigenvalue weighted by atomic mass is 10.2. The number of hydrogen-bond acceptors (Lipinski definition) is 3. The van der Waals surface area contributed by atoms with Gasteiger partial charge in [0.1, 0.15) is 5.75 Å². The summed E-state index contributed by atoms with van der Waals surface area (Å²) in [5, 5.41) is 10.9. The van der Waals surface area contributed by atoms with Crippen LogP contribution in [-0.2, 0) is 15.8 Å². The summed E-state index contributed by atoms with van der Waals surface area (Å²) in [6.45, 7) is 1.11. The van der Waals surface area contributed by atoms with E-state index in [9.17, 15) is 22.8 Å². The summed E-state index contributed by atoms with van der Waals surface area (Å²) in [6.07, 6.45) is -4.66. The van der Waals surface area contributed by atoms with Gasteiger partial charge in [-0.15, -0.1) is 0 Å². The quantitative estimate of drug-likeness (QED) is 0.843. The highest BCUT2D eigenvalue weighted by Gasteiger charge is 2.30. The van der Waals surface area contributed by atoms with E-state index in [0.717, 1.165) is 24.3 Å². The molecule has 1 unspecified atom stereocenters. The maximum Gasteiger partial charge on any atom is 0.416 e. The van der Waals surface area contributed by atoms with Gasteiger partial charge in [-0.25, -0.2) is 0 Å². The number of hydrogen-bond donors (Lipinski definition) is 2. The van der Waals surface area contributed by atoms with Crippen LogP contribution in [0.5, 0.6) is 5.75 Å². The Balaban J connectivity index is 2.45. The van der Waals surface area contributed by atoms with Crippen LogP contribution < -0.4 is 10.1 Å². The van der Waals surface area contributed by atoms with Crippen LogP contribution in [0.15, 0.2) is 24.3 Å². The van der Waals surface area contributed by atoms with Gasteiger partial charge in [0.15, 0.2) is 6.61 Å². The number of carboxylic acids is 1. The van der Waals surface area contributed by atoms with Crippen molar-refractivity contribution in [3.8, 4) is 5.75 Å². The van der Waals surface area contributed by atoms with Crippen molar-refractivity contribution < 1.29 is 32.6 Å². The molecule has 1 atom stereocenters. The van der Waals surface area contributed by atoms with Crippen LogP contribution in [0.3, 0.4) is 0 Å². The van der Waals surface area contributed by atoms with Gasteiger partial charge in [0.25, 0.3) is 5.91 Å². The lowest BCUT2D eigenvalue weighted by Gasteiger charge is -2.12. The second kappa shape index (κ2) is 6.96. The molecule has 8 heteroatoms. The molecule has 1 rings (SSSR count). The number of carboxylic acid groups (broad SMARTS) is 1. The number of amides is 1. The molecule has 0 heterocycles. The third kappa shape index (κ3) is 6.15. The lowest BCUT2D eigenvalue weighted by molar-refractivity contribution is -0.138. The van der Waals surface area contributed by atoms with Crippen molar-refractivity contribution in [3.63, 3.8) is 0 Å². The second-order valence-corrected chi connectivity index (χ2v) is 4.38. The Hall–Kier alpha value is -2.25. The number of carbonyl (C=O) groups excluding carboxylic acids is 1. The minimum absolute atomic E-state index is 0.115. The third-order valence-corrected chi connectivity index (χ3v) is 2.44. The zero-order chi connectivity index (χ0) is 16.0. The first-order valence-electron chi connectivity index (χ1n) is 5.99. The zero-order valence-electron chi connectivity index (χ0n) is 11.1. The number of aliphatic carboxylic acids is 1. The normalized spacial score (nSPS) is 12.6. The Morgan fingerprint density at radius 2 is 1.86 bits per heavy atom. The van der Waals surface area contributed by atoms with Crippen LogP contribution in [0.25, 0.3) is 0 Å². The molecule has 1 aromatic carbocycles. The summed E-state index contributed by atoms with van der Waals surface area (Å²) in [5.41, 5.74) is -0.811. The van der Waals surface area contributed by atoms with E-state index < -0.39 is 36.3 Å². The summed E-state index contributed by atoms with van der Waals surface area (Å²) in [4.78, 5) is 21.8. The molecule has 2 N–H and O–H groups in total. The number of alkyl halides is 3. The molecule has 1 amide bonds. The van der Waals surface area contributed by atoms with Crippen molar-refractivity contribution in [1.82, 2.24) is 5.32 Å². The third-order valence-electron chi connectivity index (χ3n) is 2.44. The van der Waals surface area contributed by atoms with E-state index >= 15 is 0 Å². The molecule has 1 aromatic rings. The Bertz CT molecular complexity index is 499. The fraction of sp³-hybridized carbons (Fsp3) is 0.385. The maximum absolute atomic E-state index is 12.3. The Morgan fingerprint density at radius 1 is 1.29 bits per heavy atom. The summed E-state index contributed by atoms with van der Waals surface area (Å²) in [7, 11) is 0. The highest BCUT2D eigenvalue weighted by atomic mass is 19.4. The molecule has 116 valence electrons. The van der Waals surface area contributed by atoms with Crippen LogP contribution in [0.1, 0.15) is 18.9 Å². The smallest absolute Gasteiger partial charge is 0.416 e. The van der Waals surface area contributed by atoms with E-state index in [1.54, 1.807) is 0 Å². The zero-order valence-corrected chi connectivity index (χ0v) is 11.1. The topological polar surface area (TPSA) is 75.6 Å². The first kappa shape index (κ1) is 16.8. The van der Waals surface area contributed by atoms with E-state index in [4.69, 9.17) is 9.84 Å². The second-order valence-electron chi connectivity index (χ2n) is 4.38. The lowest BCUT2D eigenvalue weighted by Crippen LogP contribution is -2.37. The molecule has 0 aliphatic carbocycles. The number of benzene rings is 1. The number of rotatable bonds is 6. The summed E-state index contributed by atoms with van der Waals surface area (Å²) in [5.74, 6) is -1.49. The number of halogens is 3. The van der Waals surface area contributed by atoms with E-state index in [1.165, 1.54) is 6.92 Å². The number of ether oxygens (including phenoxy) is 1. The van der Waals surface area contributed by atoms with Crippen LogP contribution in [0.2, 0.25) is 0 Å². The standard InChI is InChI=1S/C13H14F3NO4/c1-8(6-12(19)20)17-11(18)7-21-10-4-2-9(3-5-10)13(14,15)16/h2-5,8H,6-7H2,1H3,(H,17,18)(H,19,20). The van der Waals surface area contributed by atoms with Gasteiger partial charge in [-0.05, 0) is 31.2 Å². The van der Waals surface area contributed by atoms with Crippen LogP contribution in [-0.4, -0.2) is 29.6 Å². The van der Waals surface area contributed by atoms with E-state index in [2.05, 4.69) is 5.32 Å². The molecule has 21 heavy (non-hydrogen) atoms. The minimum atomic E-state index is -4.43. The molecule has 0 saturated heterocycles. The molecule has 0 aliphatic heterocycles. The SMILES string of the molecule is CC(CC(=O)O)NC(=O)COc1ccc(C(F)(F)F)cc1. The maximum atomic E-state index is 12.3. The summed E-state index contributed by atoms with van der Waals surface area (Å²) < 4.78 is 42.0. The molecule has 0 bridgehead atoms. The molecule has 0 spiro atoms. The average Bonchev–Trinajstić information content (AvgIpc) is 2.34. The number of nitrogens with one attached hydrogen (secondary N) is 1. The van der Waals surface area contributed by atoms with Crippen LogP contribution >= 0.6 is 0 Å². The fourth-order valence-corrected chi connectivity index (χ4v) is 1.52. The predicted molar refractivity (Wildman–Crippen MR) is 66.8 cm³/mol. The van der Waals surface area contributed by atoms with Crippen LogP contribution in [0, 0.1) is 0 Å². The highest BCUT2D eigenvalue weighted by Crippen LogP contribution is 2.30. The molecule has 0 aliphatic rings. The highest BCUT2D eigenvalue weighted by molar-refractivity contribution is 5.78. The Kier molecular flexibility index (Phi) is 5.57. The summed E-state index contributed by atoms with van der Waals surface area (Å²) >= 11 is 0. The van der Waals surface area contributed by atoms with Crippen LogP contribution in [0.4, 0.5) is 13.2 Å². The molecular weight excluding hydrogens is 291 g/mol. The van der Waals surface area contributed by atoms with Crippen molar-refractivity contribution in [2.45, 2.75) is 25.6 Å². The monoisotopic (exact) mass is 305 g/mol. The molecule has 0 radical (unpaired) electrons. The molecule has 5 nitrogen and oxygen atoms in total. The summed E-state index contributed by atoms with van der Waals surface area (Å²) in [6, 6.07) is 3.35. The first-order valence-corrected chi connectivity index (χ1v) is 5.99. The Morgan fingerprint density at radius 3 is 2.33 bits per heavy atom. The minimum Gasteiger partial charge on any atom is -0.484 e. The van der Waals surface area contributed by atoms with E-state index in [1.807, 2.05) is 0 Å². The van der Waals surface area contributed by atoms with Gasteiger partial charge < -0.3 is 15.2 Å². The number of carbonyl (C=O) groups is 2. The van der Waals surface area contributed by atoms with Gasteiger partial charge in [0.2, 0.25) is 0 Å². The van der Waals surface area contributed by atoms with E-state index in [0.29, 0.717) is 0 Å². The van der Waals surface area contributed by atoms with Gasteiger partial charge in [-0.2, -0.15) is 13.2 Å². The Labute approximate surface area is 118 Å². The van der Waals surface area contributed by atoms with Gasteiger partial charge >= 0.3 is 12.1 Å². The van der Waals surface area contributed by atoms with Gasteiger partial charge in [-0.1, -0.05) is 0 Å².